The van der Waals surface area contributed by atoms with Gasteiger partial charge in [0.05, 0.1) is 5.56 Å². The number of anilines is 1. The second kappa shape index (κ2) is 5.51. The second-order valence-electron chi connectivity index (χ2n) is 4.30. The van der Waals surface area contributed by atoms with Crippen LogP contribution in [-0.4, -0.2) is 10.9 Å². The summed E-state index contributed by atoms with van der Waals surface area (Å²) in [5.41, 5.74) is -0.769. The van der Waals surface area contributed by atoms with Crippen LogP contribution in [0, 0.1) is 5.82 Å². The minimum Gasteiger partial charge on any atom is -0.311 e. The minimum atomic E-state index is -4.77. The quantitative estimate of drug-likeness (QED) is 0.855. The first-order valence-electron chi connectivity index (χ1n) is 5.88. The van der Waals surface area contributed by atoms with Gasteiger partial charge in [0.15, 0.2) is 0 Å². The van der Waals surface area contributed by atoms with E-state index in [1.54, 1.807) is 0 Å². The van der Waals surface area contributed by atoms with Crippen LogP contribution < -0.4 is 5.32 Å². The third kappa shape index (κ3) is 3.56. The van der Waals surface area contributed by atoms with Crippen molar-refractivity contribution in [1.82, 2.24) is 4.98 Å². The Morgan fingerprint density at radius 3 is 2.43 bits per heavy atom. The number of nitrogens with one attached hydrogen (secondary N) is 1. The number of aromatic nitrogens is 1. The fraction of sp³-hybridized carbons (Fsp3) is 0.143. The van der Waals surface area contributed by atoms with Crippen molar-refractivity contribution in [1.29, 1.82) is 0 Å². The van der Waals surface area contributed by atoms with Gasteiger partial charge in [0.1, 0.15) is 11.6 Å². The fourth-order valence-corrected chi connectivity index (χ4v) is 1.78. The minimum absolute atomic E-state index is 0.178. The van der Waals surface area contributed by atoms with E-state index in [0.717, 1.165) is 12.1 Å². The number of rotatable bonds is 2. The van der Waals surface area contributed by atoms with Gasteiger partial charge in [-0.3, -0.25) is 4.79 Å². The summed E-state index contributed by atoms with van der Waals surface area (Å²) in [6, 6.07) is 5.60. The van der Waals surface area contributed by atoms with Crippen molar-refractivity contribution in [3.8, 4) is 11.1 Å². The lowest BCUT2D eigenvalue weighted by Crippen LogP contribution is -2.08. The van der Waals surface area contributed by atoms with Crippen molar-refractivity contribution in [3.05, 3.63) is 47.9 Å². The van der Waals surface area contributed by atoms with Gasteiger partial charge in [-0.25, -0.2) is 9.37 Å². The smallest absolute Gasteiger partial charge is 0.311 e. The van der Waals surface area contributed by atoms with Gasteiger partial charge >= 0.3 is 6.18 Å². The van der Waals surface area contributed by atoms with Crippen LogP contribution in [0.15, 0.2) is 36.5 Å². The molecule has 0 aliphatic heterocycles. The maximum atomic E-state index is 13.2. The van der Waals surface area contributed by atoms with E-state index in [9.17, 15) is 22.4 Å². The maximum absolute atomic E-state index is 13.2. The molecule has 1 N–H and O–H groups in total. The molecule has 2 rings (SSSR count). The number of benzene rings is 1. The van der Waals surface area contributed by atoms with Crippen molar-refractivity contribution >= 4 is 11.7 Å². The van der Waals surface area contributed by atoms with Crippen molar-refractivity contribution in [2.45, 2.75) is 13.1 Å². The molecule has 1 aromatic carbocycles. The van der Waals surface area contributed by atoms with Gasteiger partial charge < -0.3 is 5.32 Å². The molecule has 1 heterocycles. The van der Waals surface area contributed by atoms with Crippen molar-refractivity contribution in [3.63, 3.8) is 0 Å². The molecule has 21 heavy (non-hydrogen) atoms. The van der Waals surface area contributed by atoms with Crippen molar-refractivity contribution < 1.29 is 22.4 Å². The predicted molar refractivity (Wildman–Crippen MR) is 68.9 cm³/mol. The number of hydrogen-bond donors (Lipinski definition) is 1. The van der Waals surface area contributed by atoms with Crippen LogP contribution in [0.3, 0.4) is 0 Å². The van der Waals surface area contributed by atoms with E-state index in [0.29, 0.717) is 5.56 Å². The van der Waals surface area contributed by atoms with Gasteiger partial charge in [0, 0.05) is 13.1 Å². The Morgan fingerprint density at radius 2 is 1.81 bits per heavy atom. The summed E-state index contributed by atoms with van der Waals surface area (Å²) in [5.74, 6) is -1.48. The largest absolute Gasteiger partial charge is 0.419 e. The van der Waals surface area contributed by atoms with E-state index in [1.807, 2.05) is 0 Å². The summed E-state index contributed by atoms with van der Waals surface area (Å²) >= 11 is 0. The summed E-state index contributed by atoms with van der Waals surface area (Å²) < 4.78 is 51.3. The molecular weight excluding hydrogens is 288 g/mol. The van der Waals surface area contributed by atoms with Gasteiger partial charge in [-0.2, -0.15) is 13.2 Å². The molecule has 0 aliphatic rings. The summed E-state index contributed by atoms with van der Waals surface area (Å²) in [7, 11) is 0. The first kappa shape index (κ1) is 15.0. The molecule has 2 aromatic rings. The van der Waals surface area contributed by atoms with Gasteiger partial charge in [-0.05, 0) is 35.4 Å². The summed E-state index contributed by atoms with van der Waals surface area (Å²) in [6.07, 6.45) is -3.43. The molecule has 0 aliphatic carbocycles. The number of carbonyl (C=O) groups excluding carboxylic acids is 1. The van der Waals surface area contributed by atoms with Crippen LogP contribution in [0.5, 0.6) is 0 Å². The summed E-state index contributed by atoms with van der Waals surface area (Å²) in [5, 5.41) is 2.42. The lowest BCUT2D eigenvalue weighted by atomic mass is 10.0. The molecule has 110 valence electrons. The van der Waals surface area contributed by atoms with E-state index >= 15 is 0 Å². The highest BCUT2D eigenvalue weighted by Crippen LogP contribution is 2.34. The number of pyridine rings is 1. The fourth-order valence-electron chi connectivity index (χ4n) is 1.78. The van der Waals surface area contributed by atoms with Crippen LogP contribution in [0.25, 0.3) is 11.1 Å². The van der Waals surface area contributed by atoms with Gasteiger partial charge in [0.2, 0.25) is 5.91 Å². The van der Waals surface area contributed by atoms with Gasteiger partial charge in [-0.15, -0.1) is 0 Å². The molecule has 0 atom stereocenters. The average Bonchev–Trinajstić information content (AvgIpc) is 2.37. The molecule has 0 radical (unpaired) electrons. The Hall–Kier alpha value is -2.44. The van der Waals surface area contributed by atoms with Crippen LogP contribution in [0.2, 0.25) is 0 Å². The molecule has 3 nitrogen and oxygen atoms in total. The normalized spacial score (nSPS) is 11.3. The van der Waals surface area contributed by atoms with Crippen LogP contribution in [0.4, 0.5) is 23.4 Å². The number of nitrogens with zero attached hydrogens (tertiary/aromatic N) is 1. The van der Waals surface area contributed by atoms with E-state index in [1.165, 1.54) is 31.3 Å². The molecule has 0 spiro atoms. The molecule has 0 unspecified atom stereocenters. The topological polar surface area (TPSA) is 42.0 Å². The molecule has 0 saturated carbocycles. The van der Waals surface area contributed by atoms with Crippen molar-refractivity contribution in [2.75, 3.05) is 5.32 Å². The van der Waals surface area contributed by atoms with Gasteiger partial charge in [-0.1, -0.05) is 6.07 Å². The summed E-state index contributed by atoms with van der Waals surface area (Å²) in [6.45, 7) is 1.29. The Morgan fingerprint density at radius 1 is 1.14 bits per heavy atom. The lowest BCUT2D eigenvalue weighted by molar-refractivity contribution is -0.139. The van der Waals surface area contributed by atoms with Gasteiger partial charge in [0.25, 0.3) is 0 Å². The molecule has 1 aromatic heterocycles. The number of hydrogen-bond acceptors (Lipinski definition) is 2. The summed E-state index contributed by atoms with van der Waals surface area (Å²) in [4.78, 5) is 14.8. The molecule has 0 fully saturated rings. The standard InChI is InChI=1S/C14H10F4N2O/c1-8(21)20-13-7-10(4-5-19-13)9-2-3-12(15)11(6-9)14(16,17)18/h2-7H,1H3,(H,19,20,21). The zero-order valence-corrected chi connectivity index (χ0v) is 10.8. The highest BCUT2D eigenvalue weighted by atomic mass is 19.4. The molecular formula is C14H10F4N2O. The molecule has 7 heteroatoms. The highest BCUT2D eigenvalue weighted by molar-refractivity contribution is 5.88. The molecule has 0 bridgehead atoms. The third-order valence-electron chi connectivity index (χ3n) is 2.67. The van der Waals surface area contributed by atoms with E-state index < -0.39 is 17.6 Å². The van der Waals surface area contributed by atoms with Crippen LogP contribution in [-0.2, 0) is 11.0 Å². The van der Waals surface area contributed by atoms with E-state index in [4.69, 9.17) is 0 Å². The number of halogens is 4. The Kier molecular flexibility index (Phi) is 3.93. The Bertz CT molecular complexity index is 683. The second-order valence-corrected chi connectivity index (χ2v) is 4.30. The van der Waals surface area contributed by atoms with E-state index in [-0.39, 0.29) is 17.3 Å². The van der Waals surface area contributed by atoms with Crippen molar-refractivity contribution in [2.24, 2.45) is 0 Å². The maximum Gasteiger partial charge on any atom is 0.419 e. The zero-order valence-electron chi connectivity index (χ0n) is 10.8. The monoisotopic (exact) mass is 298 g/mol. The molecule has 0 saturated heterocycles. The Balaban J connectivity index is 2.45. The zero-order chi connectivity index (χ0) is 15.6. The van der Waals surface area contributed by atoms with E-state index in [2.05, 4.69) is 10.3 Å². The average molecular weight is 298 g/mol. The molecule has 1 amide bonds. The number of alkyl halides is 3. The number of amides is 1. The highest BCUT2D eigenvalue weighted by Gasteiger charge is 2.34. The Labute approximate surface area is 117 Å². The lowest BCUT2D eigenvalue weighted by Gasteiger charge is -2.11. The first-order valence-corrected chi connectivity index (χ1v) is 5.88. The predicted octanol–water partition coefficient (Wildman–Crippen LogP) is 3.86. The first-order chi connectivity index (χ1) is 9.77. The third-order valence-corrected chi connectivity index (χ3v) is 2.67. The van der Waals surface area contributed by atoms with Crippen LogP contribution in [0.1, 0.15) is 12.5 Å². The number of carbonyl (C=O) groups is 1. The SMILES string of the molecule is CC(=O)Nc1cc(-c2ccc(F)c(C(F)(F)F)c2)ccn1. The van der Waals surface area contributed by atoms with Crippen LogP contribution >= 0.6 is 0 Å².